The molecule has 2 aromatic rings. The van der Waals surface area contributed by atoms with Crippen LogP contribution in [-0.2, 0) is 13.0 Å². The Bertz CT molecular complexity index is 811. The summed E-state index contributed by atoms with van der Waals surface area (Å²) in [6, 6.07) is 18.5. The van der Waals surface area contributed by atoms with Crippen molar-refractivity contribution in [3.8, 4) is 0 Å². The third kappa shape index (κ3) is 10.6. The van der Waals surface area contributed by atoms with Crippen LogP contribution in [0.4, 0.5) is 0 Å². The second kappa shape index (κ2) is 14.8. The normalized spacial score (nSPS) is 12.1. The molecule has 0 fully saturated rings. The van der Waals surface area contributed by atoms with E-state index < -0.39 is 0 Å². The summed E-state index contributed by atoms with van der Waals surface area (Å²) in [5, 5.41) is 9.73. The Hall–Kier alpha value is -2.13. The summed E-state index contributed by atoms with van der Waals surface area (Å²) >= 11 is 0. The topological polar surface area (TPSA) is 68.8 Å². The summed E-state index contributed by atoms with van der Waals surface area (Å²) in [6.07, 6.45) is 2.05. The minimum Gasteiger partial charge on any atom is -0.354 e. The van der Waals surface area contributed by atoms with Crippen molar-refractivity contribution in [2.24, 2.45) is 4.99 Å². The van der Waals surface area contributed by atoms with Crippen molar-refractivity contribution >= 4 is 35.8 Å². The molecule has 0 heterocycles. The van der Waals surface area contributed by atoms with Gasteiger partial charge >= 0.3 is 0 Å². The van der Waals surface area contributed by atoms with E-state index in [4.69, 9.17) is 0 Å². The minimum atomic E-state index is -0.0456. The zero-order chi connectivity index (χ0) is 21.8. The summed E-state index contributed by atoms with van der Waals surface area (Å²) in [5.74, 6) is 0.715. The highest BCUT2D eigenvalue weighted by Crippen LogP contribution is 2.06. The number of likely N-dealkylation sites (N-methyl/N-ethyl adjacent to an activating group) is 1. The van der Waals surface area contributed by atoms with Crippen LogP contribution >= 0.6 is 24.0 Å². The van der Waals surface area contributed by atoms with Gasteiger partial charge in [-0.2, -0.15) is 0 Å². The SMILES string of the molecule is CN=C(NCc1cccc(C(=O)NCCN(C)C)c1)NC(C)CCc1ccccc1.I. The number of aliphatic imine (C=N–C) groups is 1. The molecule has 7 heteroatoms. The van der Waals surface area contributed by atoms with Crippen molar-refractivity contribution in [1.82, 2.24) is 20.9 Å². The van der Waals surface area contributed by atoms with Crippen LogP contribution < -0.4 is 16.0 Å². The Labute approximate surface area is 203 Å². The van der Waals surface area contributed by atoms with Gasteiger partial charge < -0.3 is 20.9 Å². The lowest BCUT2D eigenvalue weighted by molar-refractivity contribution is 0.0951. The maximum absolute atomic E-state index is 12.3. The molecule has 0 saturated carbocycles. The average molecular weight is 537 g/mol. The second-order valence-corrected chi connectivity index (χ2v) is 7.75. The molecule has 0 aliphatic rings. The molecule has 0 aliphatic carbocycles. The van der Waals surface area contributed by atoms with Crippen LogP contribution in [0.1, 0.15) is 34.8 Å². The summed E-state index contributed by atoms with van der Waals surface area (Å²) in [5.41, 5.74) is 3.05. The van der Waals surface area contributed by atoms with E-state index in [-0.39, 0.29) is 29.9 Å². The Kier molecular flexibility index (Phi) is 12.8. The number of halogens is 1. The lowest BCUT2D eigenvalue weighted by Gasteiger charge is -2.18. The molecule has 6 nitrogen and oxygen atoms in total. The van der Waals surface area contributed by atoms with Crippen molar-refractivity contribution < 1.29 is 4.79 Å². The molecule has 1 atom stereocenters. The number of aryl methyl sites for hydroxylation is 1. The number of hydrogen-bond acceptors (Lipinski definition) is 3. The van der Waals surface area contributed by atoms with Crippen LogP contribution in [0.15, 0.2) is 59.6 Å². The van der Waals surface area contributed by atoms with E-state index in [2.05, 4.69) is 52.1 Å². The molecular weight excluding hydrogens is 501 g/mol. The zero-order valence-electron chi connectivity index (χ0n) is 19.0. The lowest BCUT2D eigenvalue weighted by Crippen LogP contribution is -2.42. The number of carbonyl (C=O) groups is 1. The molecule has 2 aromatic carbocycles. The summed E-state index contributed by atoms with van der Waals surface area (Å²) < 4.78 is 0. The van der Waals surface area contributed by atoms with E-state index in [0.29, 0.717) is 24.7 Å². The molecule has 0 saturated heterocycles. The molecule has 0 spiro atoms. The van der Waals surface area contributed by atoms with Crippen molar-refractivity contribution in [2.45, 2.75) is 32.4 Å². The first kappa shape index (κ1) is 26.9. The number of amides is 1. The van der Waals surface area contributed by atoms with E-state index in [1.165, 1.54) is 5.56 Å². The zero-order valence-corrected chi connectivity index (χ0v) is 21.4. The smallest absolute Gasteiger partial charge is 0.251 e. The first-order chi connectivity index (χ1) is 14.5. The number of carbonyl (C=O) groups excluding carboxylic acids is 1. The third-order valence-corrected chi connectivity index (χ3v) is 4.81. The van der Waals surface area contributed by atoms with Gasteiger partial charge in [0, 0.05) is 38.3 Å². The molecule has 1 amide bonds. The van der Waals surface area contributed by atoms with Crippen LogP contribution in [-0.4, -0.2) is 57.0 Å². The number of rotatable bonds is 10. The van der Waals surface area contributed by atoms with E-state index in [1.807, 2.05) is 49.3 Å². The standard InChI is InChI=1S/C24H35N5O.HI/c1-19(13-14-20-9-6-5-7-10-20)28-24(25-2)27-18-21-11-8-12-22(17-21)23(30)26-15-16-29(3)4;/h5-12,17,19H,13-16,18H2,1-4H3,(H,26,30)(H2,25,27,28);1H. The highest BCUT2D eigenvalue weighted by Gasteiger charge is 2.08. The molecular formula is C24H36IN5O. The average Bonchev–Trinajstić information content (AvgIpc) is 2.75. The largest absolute Gasteiger partial charge is 0.354 e. The number of nitrogens with one attached hydrogen (secondary N) is 3. The van der Waals surface area contributed by atoms with Gasteiger partial charge in [0.1, 0.15) is 0 Å². The predicted molar refractivity (Wildman–Crippen MR) is 140 cm³/mol. The Morgan fingerprint density at radius 3 is 2.42 bits per heavy atom. The van der Waals surface area contributed by atoms with E-state index in [0.717, 1.165) is 30.9 Å². The third-order valence-electron chi connectivity index (χ3n) is 4.81. The molecule has 1 unspecified atom stereocenters. The van der Waals surface area contributed by atoms with Gasteiger partial charge in [-0.3, -0.25) is 9.79 Å². The lowest BCUT2D eigenvalue weighted by atomic mass is 10.1. The number of guanidine groups is 1. The summed E-state index contributed by atoms with van der Waals surface area (Å²) in [7, 11) is 5.75. The van der Waals surface area contributed by atoms with Gasteiger partial charge in [-0.05, 0) is 57.1 Å². The van der Waals surface area contributed by atoms with Crippen LogP contribution in [0, 0.1) is 0 Å². The molecule has 0 bridgehead atoms. The van der Waals surface area contributed by atoms with Crippen molar-refractivity contribution in [3.05, 3.63) is 71.3 Å². The number of nitrogens with zero attached hydrogens (tertiary/aromatic N) is 2. The Morgan fingerprint density at radius 1 is 1.03 bits per heavy atom. The van der Waals surface area contributed by atoms with Gasteiger partial charge in [0.2, 0.25) is 0 Å². The second-order valence-electron chi connectivity index (χ2n) is 7.75. The van der Waals surface area contributed by atoms with Gasteiger partial charge in [-0.25, -0.2) is 0 Å². The summed E-state index contributed by atoms with van der Waals surface area (Å²) in [6.45, 7) is 4.21. The number of benzene rings is 2. The van der Waals surface area contributed by atoms with Crippen molar-refractivity contribution in [1.29, 1.82) is 0 Å². The minimum absolute atomic E-state index is 0. The highest BCUT2D eigenvalue weighted by atomic mass is 127. The maximum atomic E-state index is 12.3. The molecule has 170 valence electrons. The van der Waals surface area contributed by atoms with Gasteiger partial charge in [0.15, 0.2) is 5.96 Å². The van der Waals surface area contributed by atoms with Crippen LogP contribution in [0.2, 0.25) is 0 Å². The fourth-order valence-electron chi connectivity index (χ4n) is 3.03. The maximum Gasteiger partial charge on any atom is 0.251 e. The van der Waals surface area contributed by atoms with Gasteiger partial charge in [-0.1, -0.05) is 42.5 Å². The van der Waals surface area contributed by atoms with Crippen LogP contribution in [0.5, 0.6) is 0 Å². The first-order valence-corrected chi connectivity index (χ1v) is 10.5. The van der Waals surface area contributed by atoms with E-state index in [9.17, 15) is 4.79 Å². The van der Waals surface area contributed by atoms with Crippen molar-refractivity contribution in [3.63, 3.8) is 0 Å². The van der Waals surface area contributed by atoms with Gasteiger partial charge in [0.25, 0.3) is 5.91 Å². The monoisotopic (exact) mass is 537 g/mol. The molecule has 2 rings (SSSR count). The Balaban J connectivity index is 0.00000480. The first-order valence-electron chi connectivity index (χ1n) is 10.5. The van der Waals surface area contributed by atoms with E-state index in [1.54, 1.807) is 7.05 Å². The fourth-order valence-corrected chi connectivity index (χ4v) is 3.03. The highest BCUT2D eigenvalue weighted by molar-refractivity contribution is 14.0. The molecule has 31 heavy (non-hydrogen) atoms. The Morgan fingerprint density at radius 2 is 1.74 bits per heavy atom. The molecule has 0 aromatic heterocycles. The quantitative estimate of drug-likeness (QED) is 0.247. The van der Waals surface area contributed by atoms with Gasteiger partial charge in [0.05, 0.1) is 0 Å². The predicted octanol–water partition coefficient (Wildman–Crippen LogP) is 3.28. The van der Waals surface area contributed by atoms with Crippen LogP contribution in [0.3, 0.4) is 0 Å². The number of hydrogen-bond donors (Lipinski definition) is 3. The molecule has 0 radical (unpaired) electrons. The molecule has 0 aliphatic heterocycles. The van der Waals surface area contributed by atoms with Crippen LogP contribution in [0.25, 0.3) is 0 Å². The summed E-state index contributed by atoms with van der Waals surface area (Å²) in [4.78, 5) is 18.7. The van der Waals surface area contributed by atoms with E-state index >= 15 is 0 Å². The van der Waals surface area contributed by atoms with Gasteiger partial charge in [-0.15, -0.1) is 24.0 Å². The van der Waals surface area contributed by atoms with Crippen molar-refractivity contribution in [2.75, 3.05) is 34.2 Å². The molecule has 3 N–H and O–H groups in total. The fraction of sp³-hybridized carbons (Fsp3) is 0.417.